The topological polar surface area (TPSA) is 22.1 Å². The van der Waals surface area contributed by atoms with Gasteiger partial charge in [0.25, 0.3) is 0 Å². The van der Waals surface area contributed by atoms with Gasteiger partial charge in [-0.3, -0.25) is 4.98 Å². The Balaban J connectivity index is 2.85. The summed E-state index contributed by atoms with van der Waals surface area (Å²) in [6, 6.07) is 5.52. The van der Waals surface area contributed by atoms with Crippen molar-refractivity contribution in [2.75, 3.05) is 7.11 Å². The van der Waals surface area contributed by atoms with Crippen LogP contribution >= 0.6 is 12.2 Å². The maximum absolute atomic E-state index is 4.84. The number of ether oxygens (including phenoxy) is 1. The molecule has 0 radical (unpaired) electrons. The molecule has 0 fully saturated rings. The van der Waals surface area contributed by atoms with Gasteiger partial charge in [-0.15, -0.1) is 0 Å². The summed E-state index contributed by atoms with van der Waals surface area (Å²) in [7, 11) is 1.54. The molecule has 0 aliphatic heterocycles. The van der Waals surface area contributed by atoms with E-state index in [1.54, 1.807) is 6.20 Å². The number of methoxy groups -OCH3 is 1. The second-order valence-corrected chi connectivity index (χ2v) is 2.08. The maximum Gasteiger partial charge on any atom is 0.209 e. The van der Waals surface area contributed by atoms with Crippen LogP contribution < -0.4 is 0 Å². The summed E-state index contributed by atoms with van der Waals surface area (Å²) in [6.45, 7) is 0. The van der Waals surface area contributed by atoms with E-state index >= 15 is 0 Å². The van der Waals surface area contributed by atoms with Crippen LogP contribution in [0.25, 0.3) is 0 Å². The van der Waals surface area contributed by atoms with Gasteiger partial charge in [0, 0.05) is 6.20 Å². The van der Waals surface area contributed by atoms with Crippen molar-refractivity contribution in [1.29, 1.82) is 0 Å². The molecule has 0 bridgehead atoms. The Hall–Kier alpha value is -0.960. The Morgan fingerprint density at radius 3 is 2.90 bits per heavy atom. The summed E-state index contributed by atoms with van der Waals surface area (Å²) in [6.07, 6.45) is 1.68. The van der Waals surface area contributed by atoms with E-state index in [2.05, 4.69) is 4.98 Å². The van der Waals surface area contributed by atoms with E-state index < -0.39 is 0 Å². The SMILES string of the molecule is COC(=S)c1ccccn1. The average Bonchev–Trinajstić information content (AvgIpc) is 2.05. The smallest absolute Gasteiger partial charge is 0.209 e. The molecule has 52 valence electrons. The first-order valence-corrected chi connectivity index (χ1v) is 3.25. The van der Waals surface area contributed by atoms with Crippen LogP contribution in [-0.4, -0.2) is 17.1 Å². The molecular weight excluding hydrogens is 146 g/mol. The van der Waals surface area contributed by atoms with Crippen molar-refractivity contribution in [3.63, 3.8) is 0 Å². The van der Waals surface area contributed by atoms with E-state index in [0.29, 0.717) is 10.7 Å². The van der Waals surface area contributed by atoms with Gasteiger partial charge in [-0.1, -0.05) is 6.07 Å². The third-order valence-corrected chi connectivity index (χ3v) is 1.44. The van der Waals surface area contributed by atoms with Crippen LogP contribution in [0.15, 0.2) is 24.4 Å². The van der Waals surface area contributed by atoms with Gasteiger partial charge >= 0.3 is 0 Å². The minimum atomic E-state index is 0.431. The molecule has 0 unspecified atom stereocenters. The third kappa shape index (κ3) is 1.51. The molecule has 10 heavy (non-hydrogen) atoms. The van der Waals surface area contributed by atoms with E-state index in [4.69, 9.17) is 17.0 Å². The zero-order valence-corrected chi connectivity index (χ0v) is 6.39. The molecule has 0 saturated heterocycles. The van der Waals surface area contributed by atoms with Gasteiger partial charge in [-0.05, 0) is 24.4 Å². The van der Waals surface area contributed by atoms with Crippen LogP contribution in [-0.2, 0) is 4.74 Å². The van der Waals surface area contributed by atoms with E-state index in [9.17, 15) is 0 Å². The predicted octanol–water partition coefficient (Wildman–Crippen LogP) is 1.40. The number of pyridine rings is 1. The normalized spacial score (nSPS) is 8.90. The van der Waals surface area contributed by atoms with E-state index in [1.807, 2.05) is 18.2 Å². The number of aromatic nitrogens is 1. The van der Waals surface area contributed by atoms with Crippen molar-refractivity contribution >= 4 is 17.3 Å². The monoisotopic (exact) mass is 153 g/mol. The molecule has 0 aromatic carbocycles. The summed E-state index contributed by atoms with van der Waals surface area (Å²) >= 11 is 4.84. The minimum absolute atomic E-state index is 0.431. The minimum Gasteiger partial charge on any atom is -0.485 e. The molecule has 1 rings (SSSR count). The highest BCUT2D eigenvalue weighted by Gasteiger charge is 1.97. The van der Waals surface area contributed by atoms with Crippen molar-refractivity contribution in [2.45, 2.75) is 0 Å². The molecule has 1 aromatic rings. The lowest BCUT2D eigenvalue weighted by Crippen LogP contribution is -2.00. The lowest BCUT2D eigenvalue weighted by Gasteiger charge is -1.98. The van der Waals surface area contributed by atoms with E-state index in [-0.39, 0.29) is 0 Å². The fourth-order valence-electron chi connectivity index (χ4n) is 0.588. The molecular formula is C7H7NOS. The molecule has 2 nitrogen and oxygen atoms in total. The van der Waals surface area contributed by atoms with Gasteiger partial charge in [-0.2, -0.15) is 0 Å². The summed E-state index contributed by atoms with van der Waals surface area (Å²) in [5.41, 5.74) is 0.708. The standard InChI is InChI=1S/C7H7NOS/c1-9-7(10)6-4-2-3-5-8-6/h2-5H,1H3. The average molecular weight is 153 g/mol. The Labute approximate surface area is 64.9 Å². The Bertz CT molecular complexity index is 222. The van der Waals surface area contributed by atoms with Crippen molar-refractivity contribution in [3.05, 3.63) is 30.1 Å². The summed E-state index contributed by atoms with van der Waals surface area (Å²) < 4.78 is 4.81. The fraction of sp³-hybridized carbons (Fsp3) is 0.143. The van der Waals surface area contributed by atoms with E-state index in [1.165, 1.54) is 7.11 Å². The molecule has 0 spiro atoms. The maximum atomic E-state index is 4.84. The third-order valence-electron chi connectivity index (χ3n) is 1.06. The quantitative estimate of drug-likeness (QED) is 0.569. The van der Waals surface area contributed by atoms with Crippen LogP contribution in [0.4, 0.5) is 0 Å². The lowest BCUT2D eigenvalue weighted by atomic mass is 10.4. The first kappa shape index (κ1) is 7.15. The number of rotatable bonds is 1. The Morgan fingerprint density at radius 2 is 2.40 bits per heavy atom. The van der Waals surface area contributed by atoms with Crippen LogP contribution in [0.5, 0.6) is 0 Å². The molecule has 0 amide bonds. The van der Waals surface area contributed by atoms with Crippen molar-refractivity contribution < 1.29 is 4.74 Å². The summed E-state index contributed by atoms with van der Waals surface area (Å²) in [5, 5.41) is 0.431. The van der Waals surface area contributed by atoms with Crippen LogP contribution in [0.2, 0.25) is 0 Å². The zero-order chi connectivity index (χ0) is 7.40. The second kappa shape index (κ2) is 3.27. The van der Waals surface area contributed by atoms with Gasteiger partial charge in [0.1, 0.15) is 5.69 Å². The molecule has 0 saturated carbocycles. The Kier molecular flexibility index (Phi) is 2.34. The van der Waals surface area contributed by atoms with Gasteiger partial charge in [-0.25, -0.2) is 0 Å². The number of thiocarbonyl (C=S) groups is 1. The van der Waals surface area contributed by atoms with Crippen molar-refractivity contribution in [1.82, 2.24) is 4.98 Å². The Morgan fingerprint density at radius 1 is 1.60 bits per heavy atom. The number of hydrogen-bond donors (Lipinski definition) is 0. The molecule has 0 aliphatic rings. The van der Waals surface area contributed by atoms with Crippen LogP contribution in [0, 0.1) is 0 Å². The van der Waals surface area contributed by atoms with Gasteiger partial charge in [0.15, 0.2) is 0 Å². The lowest BCUT2D eigenvalue weighted by molar-refractivity contribution is 0.414. The fourth-order valence-corrected chi connectivity index (χ4v) is 0.709. The van der Waals surface area contributed by atoms with Crippen molar-refractivity contribution in [2.24, 2.45) is 0 Å². The summed E-state index contributed by atoms with van der Waals surface area (Å²) in [5.74, 6) is 0. The molecule has 0 atom stereocenters. The highest BCUT2D eigenvalue weighted by Crippen LogP contribution is 1.96. The molecule has 0 aliphatic carbocycles. The first-order chi connectivity index (χ1) is 4.84. The van der Waals surface area contributed by atoms with E-state index in [0.717, 1.165) is 0 Å². The summed E-state index contributed by atoms with van der Waals surface area (Å²) in [4.78, 5) is 3.98. The molecule has 3 heteroatoms. The largest absolute Gasteiger partial charge is 0.485 e. The van der Waals surface area contributed by atoms with Gasteiger partial charge in [0.05, 0.1) is 7.11 Å². The second-order valence-electron chi connectivity index (χ2n) is 1.71. The van der Waals surface area contributed by atoms with Crippen LogP contribution in [0.3, 0.4) is 0 Å². The van der Waals surface area contributed by atoms with Gasteiger partial charge in [0.2, 0.25) is 5.05 Å². The number of hydrogen-bond acceptors (Lipinski definition) is 3. The first-order valence-electron chi connectivity index (χ1n) is 2.84. The molecule has 1 heterocycles. The number of nitrogens with zero attached hydrogens (tertiary/aromatic N) is 1. The highest BCUT2D eigenvalue weighted by atomic mass is 32.1. The van der Waals surface area contributed by atoms with Gasteiger partial charge < -0.3 is 4.74 Å². The zero-order valence-electron chi connectivity index (χ0n) is 5.57. The van der Waals surface area contributed by atoms with Crippen LogP contribution in [0.1, 0.15) is 5.69 Å². The predicted molar refractivity (Wildman–Crippen MR) is 42.9 cm³/mol. The molecule has 1 aromatic heterocycles. The highest BCUT2D eigenvalue weighted by molar-refractivity contribution is 7.80. The molecule has 0 N–H and O–H groups in total. The van der Waals surface area contributed by atoms with Crippen molar-refractivity contribution in [3.8, 4) is 0 Å².